The van der Waals surface area contributed by atoms with Crippen molar-refractivity contribution >= 4 is 11.8 Å². The Labute approximate surface area is 135 Å². The molecule has 0 spiro atoms. The number of hydrogen-bond donors (Lipinski definition) is 1. The normalized spacial score (nSPS) is 17.7. The molecule has 1 atom stereocenters. The van der Waals surface area contributed by atoms with Gasteiger partial charge >= 0.3 is 0 Å². The monoisotopic (exact) mass is 323 g/mol. The van der Waals surface area contributed by atoms with Gasteiger partial charge in [-0.1, -0.05) is 0 Å². The molecule has 1 heterocycles. The Morgan fingerprint density at radius 3 is 2.74 bits per heavy atom. The van der Waals surface area contributed by atoms with Crippen LogP contribution < -0.4 is 10.1 Å². The summed E-state index contributed by atoms with van der Waals surface area (Å²) in [5, 5.41) is 3.13. The van der Waals surface area contributed by atoms with Crippen molar-refractivity contribution in [2.45, 2.75) is 13.0 Å². The quantitative estimate of drug-likeness (QED) is 0.856. The van der Waals surface area contributed by atoms with E-state index in [1.54, 1.807) is 29.0 Å². The minimum Gasteiger partial charge on any atom is -0.492 e. The van der Waals surface area contributed by atoms with Crippen LogP contribution in [0.5, 0.6) is 5.75 Å². The molecular weight excluding hydrogens is 301 g/mol. The van der Waals surface area contributed by atoms with Crippen molar-refractivity contribution in [3.63, 3.8) is 0 Å². The smallest absolute Gasteiger partial charge is 0.246 e. The average molecular weight is 323 g/mol. The largest absolute Gasteiger partial charge is 0.492 e. The molecule has 0 aromatic heterocycles. The predicted octanol–water partition coefficient (Wildman–Crippen LogP) is 0.483. The number of nitrogens with zero attached hydrogens (tertiary/aromatic N) is 2. The molecule has 2 rings (SSSR count). The number of carbonyl (C=O) groups is 2. The van der Waals surface area contributed by atoms with Crippen molar-refractivity contribution in [3.05, 3.63) is 30.1 Å². The van der Waals surface area contributed by atoms with Crippen LogP contribution in [0.4, 0.5) is 4.39 Å². The number of piperazine rings is 1. The first-order valence-electron chi connectivity index (χ1n) is 7.60. The van der Waals surface area contributed by atoms with E-state index < -0.39 is 6.04 Å². The van der Waals surface area contributed by atoms with Crippen LogP contribution in [0.25, 0.3) is 0 Å². The van der Waals surface area contributed by atoms with Crippen LogP contribution >= 0.6 is 0 Å². The maximum atomic E-state index is 12.8. The highest BCUT2D eigenvalue weighted by Crippen LogP contribution is 2.11. The maximum absolute atomic E-state index is 12.8. The van der Waals surface area contributed by atoms with E-state index in [2.05, 4.69) is 5.32 Å². The van der Waals surface area contributed by atoms with Gasteiger partial charge < -0.3 is 19.9 Å². The lowest BCUT2D eigenvalue weighted by atomic mass is 10.1. The second kappa shape index (κ2) is 7.92. The Morgan fingerprint density at radius 1 is 1.39 bits per heavy atom. The highest BCUT2D eigenvalue weighted by Gasteiger charge is 2.32. The van der Waals surface area contributed by atoms with Crippen LogP contribution in [0.3, 0.4) is 0 Å². The highest BCUT2D eigenvalue weighted by molar-refractivity contribution is 5.87. The second-order valence-electron chi connectivity index (χ2n) is 5.49. The van der Waals surface area contributed by atoms with Crippen LogP contribution in [0.1, 0.15) is 6.92 Å². The van der Waals surface area contributed by atoms with Crippen molar-refractivity contribution < 1.29 is 18.7 Å². The zero-order chi connectivity index (χ0) is 16.8. The summed E-state index contributed by atoms with van der Waals surface area (Å²) in [4.78, 5) is 27.3. The van der Waals surface area contributed by atoms with Crippen molar-refractivity contribution in [2.75, 3.05) is 39.8 Å². The summed E-state index contributed by atoms with van der Waals surface area (Å²) < 4.78 is 18.3. The fraction of sp³-hybridized carbons (Fsp3) is 0.500. The van der Waals surface area contributed by atoms with Crippen molar-refractivity contribution in [3.8, 4) is 5.75 Å². The van der Waals surface area contributed by atoms with Gasteiger partial charge in [0.15, 0.2) is 0 Å². The molecule has 1 aliphatic heterocycles. The first-order valence-corrected chi connectivity index (χ1v) is 7.60. The molecule has 0 bridgehead atoms. The molecule has 1 aromatic carbocycles. The molecule has 1 saturated heterocycles. The van der Waals surface area contributed by atoms with Crippen molar-refractivity contribution in [1.29, 1.82) is 0 Å². The number of rotatable bonds is 5. The van der Waals surface area contributed by atoms with Gasteiger partial charge in [0.05, 0.1) is 6.54 Å². The molecule has 0 aliphatic carbocycles. The van der Waals surface area contributed by atoms with Crippen molar-refractivity contribution in [1.82, 2.24) is 15.1 Å². The molecule has 7 heteroatoms. The molecule has 1 fully saturated rings. The minimum atomic E-state index is -0.475. The predicted molar refractivity (Wildman–Crippen MR) is 83.6 cm³/mol. The molecule has 1 aromatic rings. The number of halogens is 1. The Kier molecular flexibility index (Phi) is 5.92. The summed E-state index contributed by atoms with van der Waals surface area (Å²) in [5.74, 6) is 0.0200. The number of nitrogens with one attached hydrogen (secondary N) is 1. The number of ether oxygens (including phenoxy) is 1. The number of amides is 2. The third kappa shape index (κ3) is 4.66. The van der Waals surface area contributed by atoms with Gasteiger partial charge in [0.25, 0.3) is 0 Å². The first-order chi connectivity index (χ1) is 11.0. The summed E-state index contributed by atoms with van der Waals surface area (Å²) in [6.45, 7) is 3.85. The Bertz CT molecular complexity index is 550. The topological polar surface area (TPSA) is 61.9 Å². The minimum absolute atomic E-state index is 0.0965. The van der Waals surface area contributed by atoms with E-state index in [0.29, 0.717) is 38.5 Å². The molecule has 1 N–H and O–H groups in total. The van der Waals surface area contributed by atoms with E-state index in [1.165, 1.54) is 19.1 Å². The third-order valence-corrected chi connectivity index (χ3v) is 3.82. The molecule has 0 unspecified atom stereocenters. The summed E-state index contributed by atoms with van der Waals surface area (Å²) in [7, 11) is 1.68. The summed E-state index contributed by atoms with van der Waals surface area (Å²) >= 11 is 0. The van der Waals surface area contributed by atoms with Crippen LogP contribution in [-0.4, -0.2) is 67.5 Å². The molecule has 23 heavy (non-hydrogen) atoms. The van der Waals surface area contributed by atoms with Crippen LogP contribution in [-0.2, 0) is 9.59 Å². The van der Waals surface area contributed by atoms with E-state index in [1.807, 2.05) is 0 Å². The highest BCUT2D eigenvalue weighted by atomic mass is 19.1. The zero-order valence-corrected chi connectivity index (χ0v) is 13.4. The lowest BCUT2D eigenvalue weighted by Gasteiger charge is -2.36. The SMILES string of the molecule is CC(=O)N1CCNC[C@@H]1C(=O)N(C)CCOc1ccc(F)cc1. The van der Waals surface area contributed by atoms with Gasteiger partial charge in [-0.3, -0.25) is 9.59 Å². The third-order valence-electron chi connectivity index (χ3n) is 3.82. The Balaban J connectivity index is 1.84. The summed E-state index contributed by atoms with van der Waals surface area (Å²) in [6, 6.07) is 5.25. The number of likely N-dealkylation sites (N-methyl/N-ethyl adjacent to an activating group) is 1. The molecule has 2 amide bonds. The van der Waals surface area contributed by atoms with Gasteiger partial charge in [-0.15, -0.1) is 0 Å². The van der Waals surface area contributed by atoms with E-state index in [0.717, 1.165) is 0 Å². The lowest BCUT2D eigenvalue weighted by Crippen LogP contribution is -2.59. The molecule has 6 nitrogen and oxygen atoms in total. The summed E-state index contributed by atoms with van der Waals surface area (Å²) in [6.07, 6.45) is 0. The van der Waals surface area contributed by atoms with Gasteiger partial charge in [-0.05, 0) is 24.3 Å². The van der Waals surface area contributed by atoms with Gasteiger partial charge in [0.1, 0.15) is 24.2 Å². The lowest BCUT2D eigenvalue weighted by molar-refractivity contribution is -0.145. The molecule has 126 valence electrons. The van der Waals surface area contributed by atoms with E-state index in [4.69, 9.17) is 4.74 Å². The molecular formula is C16H22FN3O3. The maximum Gasteiger partial charge on any atom is 0.246 e. The molecule has 0 radical (unpaired) electrons. The standard InChI is InChI=1S/C16H22FN3O3/c1-12(21)20-8-7-18-11-15(20)16(22)19(2)9-10-23-14-5-3-13(17)4-6-14/h3-6,15,18H,7-11H2,1-2H3/t15-/m1/s1. The Morgan fingerprint density at radius 2 is 2.09 bits per heavy atom. The van der Waals surface area contributed by atoms with Gasteiger partial charge in [0, 0.05) is 33.6 Å². The number of carbonyl (C=O) groups excluding carboxylic acids is 2. The average Bonchev–Trinajstić information content (AvgIpc) is 2.55. The van der Waals surface area contributed by atoms with Crippen LogP contribution in [0.2, 0.25) is 0 Å². The molecule has 1 aliphatic rings. The van der Waals surface area contributed by atoms with Crippen LogP contribution in [0, 0.1) is 5.82 Å². The Hall–Kier alpha value is -2.15. The second-order valence-corrected chi connectivity index (χ2v) is 5.49. The van der Waals surface area contributed by atoms with Crippen LogP contribution in [0.15, 0.2) is 24.3 Å². The van der Waals surface area contributed by atoms with E-state index >= 15 is 0 Å². The van der Waals surface area contributed by atoms with Gasteiger partial charge in [-0.2, -0.15) is 0 Å². The van der Waals surface area contributed by atoms with E-state index in [-0.39, 0.29) is 17.6 Å². The zero-order valence-electron chi connectivity index (χ0n) is 13.4. The number of hydrogen-bond acceptors (Lipinski definition) is 4. The fourth-order valence-electron chi connectivity index (χ4n) is 2.50. The summed E-state index contributed by atoms with van der Waals surface area (Å²) in [5.41, 5.74) is 0. The fourth-order valence-corrected chi connectivity index (χ4v) is 2.50. The number of benzene rings is 1. The first kappa shape index (κ1) is 17.2. The van der Waals surface area contributed by atoms with E-state index in [9.17, 15) is 14.0 Å². The molecule has 0 saturated carbocycles. The van der Waals surface area contributed by atoms with Crippen molar-refractivity contribution in [2.24, 2.45) is 0 Å². The van der Waals surface area contributed by atoms with Gasteiger partial charge in [0.2, 0.25) is 11.8 Å². The van der Waals surface area contributed by atoms with Gasteiger partial charge in [-0.25, -0.2) is 4.39 Å².